The van der Waals surface area contributed by atoms with Gasteiger partial charge in [0, 0.05) is 35.8 Å². The van der Waals surface area contributed by atoms with Crippen LogP contribution in [0.3, 0.4) is 0 Å². The van der Waals surface area contributed by atoms with Gasteiger partial charge in [-0.15, -0.1) is 26.8 Å². The number of aromatic nitrogens is 2. The van der Waals surface area contributed by atoms with Gasteiger partial charge in [-0.05, 0) is 70.9 Å². The number of halogens is 6. The smallest absolute Gasteiger partial charge is 0.337 e. The van der Waals surface area contributed by atoms with Crippen LogP contribution in [0.5, 0.6) is 5.75 Å². The predicted molar refractivity (Wildman–Crippen MR) is 220 cm³/mol. The molecule has 2 aromatic heterocycles. The number of carbonyl (C=O) groups excluding carboxylic acids is 1. The number of methoxy groups -OCH3 is 2. The molecule has 0 fully saturated rings. The molecule has 0 saturated heterocycles. The van der Waals surface area contributed by atoms with Gasteiger partial charge < -0.3 is 9.47 Å². The molecule has 0 aliphatic heterocycles. The third-order valence-electron chi connectivity index (χ3n) is 5.97. The number of fused-ring (bicyclic) bond motifs is 1. The van der Waals surface area contributed by atoms with E-state index in [1.54, 1.807) is 30.0 Å². The van der Waals surface area contributed by atoms with Crippen LogP contribution < -0.4 is 4.74 Å². The van der Waals surface area contributed by atoms with Crippen LogP contribution >= 0.6 is 95.9 Å². The number of hydrogen-bond donors (Lipinski definition) is 0. The average molecular weight is 966 g/mol. The van der Waals surface area contributed by atoms with E-state index < -0.39 is 21.4 Å². The van der Waals surface area contributed by atoms with E-state index in [-0.39, 0.29) is 17.4 Å². The van der Waals surface area contributed by atoms with E-state index in [1.807, 2.05) is 36.4 Å². The van der Waals surface area contributed by atoms with Crippen molar-refractivity contribution in [3.63, 3.8) is 0 Å². The van der Waals surface area contributed by atoms with Gasteiger partial charge in [0.2, 0.25) is 5.69 Å². The number of benzene rings is 3. The Bertz CT molecular complexity index is 2060. The minimum absolute atomic E-state index is 0.182. The monoisotopic (exact) mass is 963 g/mol. The van der Waals surface area contributed by atoms with Crippen LogP contribution in [0, 0.1) is 6.57 Å². The molecule has 0 aliphatic carbocycles. The van der Waals surface area contributed by atoms with Crippen LogP contribution in [0.2, 0.25) is 5.02 Å². The number of pyridine rings is 1. The Balaban J connectivity index is 0.000000247. The second-order valence-electron chi connectivity index (χ2n) is 9.20. The number of nitrogens with zero attached hydrogens (tertiary/aromatic N) is 3. The van der Waals surface area contributed by atoms with Gasteiger partial charge in [0.15, 0.2) is 0 Å². The Hall–Kier alpha value is -1.39. The summed E-state index contributed by atoms with van der Waals surface area (Å²) in [7, 11) is 13.3. The van der Waals surface area contributed by atoms with Crippen molar-refractivity contribution in [1.29, 1.82) is 0 Å². The van der Waals surface area contributed by atoms with Crippen molar-refractivity contribution in [3.8, 4) is 16.9 Å². The Morgan fingerprint density at radius 1 is 1.08 bits per heavy atom. The van der Waals surface area contributed by atoms with Gasteiger partial charge in [-0.2, -0.15) is 5.10 Å². The normalized spacial score (nSPS) is 10.8. The van der Waals surface area contributed by atoms with Gasteiger partial charge in [0.25, 0.3) is 15.5 Å². The minimum atomic E-state index is -3.82. The number of esters is 1. The molecule has 20 heteroatoms. The fourth-order valence-corrected chi connectivity index (χ4v) is 5.72. The maximum Gasteiger partial charge on any atom is 0.337 e. The lowest BCUT2D eigenvalue weighted by molar-refractivity contribution is 0.0600. The number of hydrogen-bond acceptors (Lipinski definition) is 6. The third-order valence-corrected chi connectivity index (χ3v) is 20.7. The molecule has 0 N–H and O–H groups in total. The van der Waals surface area contributed by atoms with Gasteiger partial charge in [-0.1, -0.05) is 65.8 Å². The van der Waals surface area contributed by atoms with E-state index >= 15 is 0 Å². The van der Waals surface area contributed by atoms with Crippen LogP contribution in [-0.4, -0.2) is 38.2 Å². The van der Waals surface area contributed by atoms with Crippen molar-refractivity contribution in [2.75, 3.05) is 14.2 Å². The van der Waals surface area contributed by atoms with Crippen molar-refractivity contribution in [1.82, 2.24) is 9.61 Å². The fourth-order valence-electron chi connectivity index (χ4n) is 3.65. The van der Waals surface area contributed by atoms with Crippen LogP contribution in [0.25, 0.3) is 21.5 Å². The Labute approximate surface area is 325 Å². The lowest BCUT2D eigenvalue weighted by atomic mass is 10.0. The molecule has 2 heterocycles. The molecular formula is C30H28Br2Cl2F2N3O5P5S. The molecular weight excluding hydrogens is 938 g/mol. The van der Waals surface area contributed by atoms with E-state index in [1.165, 1.54) is 13.3 Å². The average Bonchev–Trinajstić information content (AvgIpc) is 3.52. The first-order valence-electron chi connectivity index (χ1n) is 13.4. The molecule has 5 aromatic rings. The fraction of sp³-hybridized carbons (Fsp3) is 0.100. The van der Waals surface area contributed by atoms with Crippen molar-refractivity contribution < 1.29 is 31.5 Å². The van der Waals surface area contributed by atoms with E-state index in [4.69, 9.17) is 33.6 Å². The molecule has 0 amide bonds. The summed E-state index contributed by atoms with van der Waals surface area (Å²) in [5.74, 6) is 0.307. The number of alkyl halides is 2. The van der Waals surface area contributed by atoms with Gasteiger partial charge in [-0.25, -0.2) is 31.4 Å². The van der Waals surface area contributed by atoms with Gasteiger partial charge in [0.05, 0.1) is 49.2 Å². The Kier molecular flexibility index (Phi) is 19.7. The maximum absolute atomic E-state index is 12.0. The van der Waals surface area contributed by atoms with Gasteiger partial charge in [0.1, 0.15) is 5.75 Å². The highest BCUT2D eigenvalue weighted by atomic mass is 79.9. The largest absolute Gasteiger partial charge is 0.495 e. The van der Waals surface area contributed by atoms with Crippen LogP contribution in [0.15, 0.2) is 99.0 Å². The lowest BCUT2D eigenvalue weighted by Gasteiger charge is -2.07. The first-order chi connectivity index (χ1) is 23.6. The second kappa shape index (κ2) is 22.0. The Morgan fingerprint density at radius 2 is 1.72 bits per heavy atom. The minimum Gasteiger partial charge on any atom is -0.495 e. The van der Waals surface area contributed by atoms with Crippen molar-refractivity contribution in [2.24, 2.45) is 0 Å². The van der Waals surface area contributed by atoms with E-state index in [9.17, 15) is 22.0 Å². The Morgan fingerprint density at radius 3 is 2.20 bits per heavy atom. The van der Waals surface area contributed by atoms with Gasteiger partial charge >= 0.3 is 5.97 Å². The van der Waals surface area contributed by atoms with Crippen LogP contribution in [0.4, 0.5) is 14.5 Å². The summed E-state index contributed by atoms with van der Waals surface area (Å²) >= 11 is 13.0. The molecule has 0 radical (unpaired) electrons. The van der Waals surface area contributed by atoms with E-state index in [0.717, 1.165) is 57.8 Å². The lowest BCUT2D eigenvalue weighted by Crippen LogP contribution is -2.00. The quantitative estimate of drug-likeness (QED) is 0.0729. The molecule has 0 aliphatic rings. The molecule has 3 aromatic carbocycles. The second-order valence-corrected chi connectivity index (χ2v) is 27.9. The SMILES string of the molecule is COC(=O)c1ccc(-c2cccc(Br)c2)c(Cl)c1.O=S(=O)(Cl)c1ccc(C(F)F)cc1.PPP(P)P.[C-]#[N+]c1cnn2cc(OC)cc(Br)c12. The summed E-state index contributed by atoms with van der Waals surface area (Å²) in [6.45, 7) is 7.18. The summed E-state index contributed by atoms with van der Waals surface area (Å²) in [4.78, 5) is 14.6. The molecule has 0 saturated carbocycles. The molecule has 0 bridgehead atoms. The highest BCUT2D eigenvalue weighted by Gasteiger charge is 2.13. The topological polar surface area (TPSA) is 91.3 Å². The van der Waals surface area contributed by atoms with Crippen molar-refractivity contribution in [2.45, 2.75) is 11.3 Å². The predicted octanol–water partition coefficient (Wildman–Crippen LogP) is 12.2. The molecule has 266 valence electrons. The van der Waals surface area contributed by atoms with Crippen LogP contribution in [-0.2, 0) is 13.8 Å². The number of ether oxygens (including phenoxy) is 2. The summed E-state index contributed by atoms with van der Waals surface area (Å²) in [6, 6.07) is 18.9. The zero-order valence-electron chi connectivity index (χ0n) is 25.9. The maximum atomic E-state index is 12.0. The molecule has 4 atom stereocenters. The molecule has 50 heavy (non-hydrogen) atoms. The van der Waals surface area contributed by atoms with Crippen LogP contribution in [0.1, 0.15) is 22.3 Å². The summed E-state index contributed by atoms with van der Waals surface area (Å²) in [5.41, 5.74) is 3.38. The third kappa shape index (κ3) is 14.2. The van der Waals surface area contributed by atoms with Gasteiger partial charge in [-0.3, -0.25) is 0 Å². The summed E-state index contributed by atoms with van der Waals surface area (Å²) < 4.78 is 58.5. The standard InChI is InChI=1S/C14H10BrClO2.C9H6BrN3O.C7H5ClF2O2S.H7P5/c1-18-14(17)10-5-6-12(13(16)8-10)9-3-2-4-11(15)7-9;1-11-8-4-12-13-5-6(14-2)3-7(10)9(8)13;8-13(11,12)6-3-1-5(2-4-6)7(9)10;1-4-5(2)3/h2-8H,1H3;3-5H,2H3;1-4,7H;4H,1-3H2. The zero-order valence-corrected chi connectivity index (χ0v) is 36.8. The van der Waals surface area contributed by atoms with Crippen molar-refractivity contribution in [3.05, 3.63) is 122 Å². The summed E-state index contributed by atoms with van der Waals surface area (Å²) in [5, 5.41) is 4.58. The molecule has 4 unspecified atom stereocenters. The highest BCUT2D eigenvalue weighted by Crippen LogP contribution is 2.71. The number of rotatable bonds is 6. The first-order valence-corrected chi connectivity index (χ1v) is 25.9. The molecule has 8 nitrogen and oxygen atoms in total. The highest BCUT2D eigenvalue weighted by molar-refractivity contribution is 9.11. The first kappa shape index (κ1) is 44.8. The van der Waals surface area contributed by atoms with E-state index in [2.05, 4.69) is 73.3 Å². The van der Waals surface area contributed by atoms with Crippen molar-refractivity contribution >= 4 is 122 Å². The molecule has 0 spiro atoms. The zero-order chi connectivity index (χ0) is 37.6. The summed E-state index contributed by atoms with van der Waals surface area (Å²) in [6.07, 6.45) is 0.661. The molecule has 5 rings (SSSR count). The van der Waals surface area contributed by atoms with E-state index in [0.29, 0.717) is 22.0 Å². The number of carbonyl (C=O) groups is 1.